The molecule has 0 radical (unpaired) electrons. The number of halogens is 1. The third-order valence-corrected chi connectivity index (χ3v) is 9.06. The third-order valence-electron chi connectivity index (χ3n) is 6.96. The normalized spacial score (nSPS) is 11.9. The average Bonchev–Trinajstić information content (AvgIpc) is 2.98. The summed E-state index contributed by atoms with van der Waals surface area (Å²) >= 11 is 6.50. The van der Waals surface area contributed by atoms with E-state index < -0.39 is 28.5 Å². The molecule has 0 bridgehead atoms. The van der Waals surface area contributed by atoms with Crippen LogP contribution < -0.4 is 9.62 Å². The van der Waals surface area contributed by atoms with E-state index in [4.69, 9.17) is 11.6 Å². The highest BCUT2D eigenvalue weighted by atomic mass is 35.5. The van der Waals surface area contributed by atoms with Gasteiger partial charge < -0.3 is 10.2 Å². The number of carbonyl (C=O) groups is 2. The van der Waals surface area contributed by atoms with Crippen molar-refractivity contribution >= 4 is 39.1 Å². The van der Waals surface area contributed by atoms with Gasteiger partial charge in [-0.1, -0.05) is 102 Å². The molecule has 4 aromatic rings. The largest absolute Gasteiger partial charge is 0.357 e. The van der Waals surface area contributed by atoms with Gasteiger partial charge in [-0.15, -0.1) is 0 Å². The Kier molecular flexibility index (Phi) is 10.0. The molecule has 0 saturated heterocycles. The smallest absolute Gasteiger partial charge is 0.264 e. The lowest BCUT2D eigenvalue weighted by Crippen LogP contribution is -2.53. The van der Waals surface area contributed by atoms with E-state index in [1.165, 1.54) is 24.1 Å². The van der Waals surface area contributed by atoms with Crippen LogP contribution in [0.3, 0.4) is 0 Å². The highest BCUT2D eigenvalue weighted by Crippen LogP contribution is 2.31. The van der Waals surface area contributed by atoms with Crippen molar-refractivity contribution in [2.45, 2.75) is 37.8 Å². The lowest BCUT2D eigenvalue weighted by atomic mass is 10.0. The first-order valence-corrected chi connectivity index (χ1v) is 15.4. The van der Waals surface area contributed by atoms with Gasteiger partial charge in [0.25, 0.3) is 10.0 Å². The van der Waals surface area contributed by atoms with E-state index in [2.05, 4.69) is 5.32 Å². The number of nitrogens with zero attached hydrogens (tertiary/aromatic N) is 2. The molecular formula is C33H34ClN3O4S. The molecule has 2 amide bonds. The second-order valence-electron chi connectivity index (χ2n) is 10.1. The van der Waals surface area contributed by atoms with Crippen molar-refractivity contribution in [2.75, 3.05) is 17.9 Å². The highest BCUT2D eigenvalue weighted by Gasteiger charge is 2.35. The first-order chi connectivity index (χ1) is 20.1. The maximum absolute atomic E-state index is 14.3. The number of benzene rings is 4. The number of amides is 2. The lowest BCUT2D eigenvalue weighted by Gasteiger charge is -2.33. The molecule has 0 fully saturated rings. The lowest BCUT2D eigenvalue weighted by molar-refractivity contribution is -0.139. The van der Waals surface area contributed by atoms with Crippen LogP contribution in [0.2, 0.25) is 5.02 Å². The number of rotatable bonds is 11. The molecule has 0 unspecified atom stereocenters. The van der Waals surface area contributed by atoms with Crippen LogP contribution in [0.15, 0.2) is 108 Å². The molecule has 0 aliphatic rings. The molecule has 218 valence electrons. The number of nitrogens with one attached hydrogen (secondary N) is 1. The summed E-state index contributed by atoms with van der Waals surface area (Å²) in [6.07, 6.45) is 0.245. The summed E-state index contributed by atoms with van der Waals surface area (Å²) < 4.78 is 29.1. The minimum absolute atomic E-state index is 0.0261. The van der Waals surface area contributed by atoms with E-state index in [9.17, 15) is 18.0 Å². The Hall–Kier alpha value is -4.14. The summed E-state index contributed by atoms with van der Waals surface area (Å²) in [5.74, 6) is -0.901. The van der Waals surface area contributed by atoms with Crippen molar-refractivity contribution in [3.05, 3.63) is 130 Å². The average molecular weight is 604 g/mol. The molecule has 0 spiro atoms. The topological polar surface area (TPSA) is 86.8 Å². The van der Waals surface area contributed by atoms with Crippen LogP contribution in [0.5, 0.6) is 0 Å². The first-order valence-electron chi connectivity index (χ1n) is 13.5. The molecule has 1 atom stereocenters. The van der Waals surface area contributed by atoms with Crippen molar-refractivity contribution in [3.8, 4) is 0 Å². The summed E-state index contributed by atoms with van der Waals surface area (Å²) in [6, 6.07) is 29.1. The summed E-state index contributed by atoms with van der Waals surface area (Å²) in [4.78, 5) is 29.1. The van der Waals surface area contributed by atoms with E-state index in [0.717, 1.165) is 26.6 Å². The van der Waals surface area contributed by atoms with Gasteiger partial charge in [0.15, 0.2) is 0 Å². The number of carbonyl (C=O) groups excluding carboxylic acids is 2. The molecule has 0 aliphatic heterocycles. The highest BCUT2D eigenvalue weighted by molar-refractivity contribution is 7.92. The van der Waals surface area contributed by atoms with E-state index in [1.807, 2.05) is 68.4 Å². The van der Waals surface area contributed by atoms with Gasteiger partial charge in [-0.2, -0.15) is 0 Å². The van der Waals surface area contributed by atoms with Gasteiger partial charge >= 0.3 is 0 Å². The van der Waals surface area contributed by atoms with Crippen molar-refractivity contribution in [1.82, 2.24) is 10.2 Å². The van der Waals surface area contributed by atoms with Gasteiger partial charge in [0, 0.05) is 20.0 Å². The molecule has 9 heteroatoms. The minimum Gasteiger partial charge on any atom is -0.357 e. The molecule has 0 heterocycles. The molecule has 4 aromatic carbocycles. The van der Waals surface area contributed by atoms with Gasteiger partial charge in [-0.05, 0) is 49.2 Å². The maximum Gasteiger partial charge on any atom is 0.264 e. The van der Waals surface area contributed by atoms with Crippen LogP contribution in [0, 0.1) is 13.8 Å². The summed E-state index contributed by atoms with van der Waals surface area (Å²) in [5, 5.41) is 2.87. The SMILES string of the molecule is CNC(=O)[C@H](Cc1ccccc1)N(Cc1cccc(C)c1)C(=O)CN(c1ccccc1Cl)S(=O)(=O)c1ccc(C)cc1. The van der Waals surface area contributed by atoms with Crippen molar-refractivity contribution in [2.24, 2.45) is 0 Å². The second kappa shape index (κ2) is 13.7. The van der Waals surface area contributed by atoms with Crippen LogP contribution in [0.1, 0.15) is 22.3 Å². The van der Waals surface area contributed by atoms with E-state index in [-0.39, 0.29) is 34.5 Å². The fraction of sp³-hybridized carbons (Fsp3) is 0.212. The molecule has 0 aliphatic carbocycles. The van der Waals surface area contributed by atoms with Crippen LogP contribution in [0.25, 0.3) is 0 Å². The fourth-order valence-electron chi connectivity index (χ4n) is 4.73. The molecule has 0 aromatic heterocycles. The molecule has 42 heavy (non-hydrogen) atoms. The molecular weight excluding hydrogens is 570 g/mol. The zero-order valence-electron chi connectivity index (χ0n) is 23.8. The Bertz CT molecular complexity index is 1640. The van der Waals surface area contributed by atoms with Gasteiger partial charge in [0.2, 0.25) is 11.8 Å². The van der Waals surface area contributed by atoms with E-state index in [0.29, 0.717) is 0 Å². The van der Waals surface area contributed by atoms with Gasteiger partial charge in [0.1, 0.15) is 12.6 Å². The van der Waals surface area contributed by atoms with Crippen LogP contribution in [0.4, 0.5) is 5.69 Å². The molecule has 4 rings (SSSR count). The molecule has 1 N–H and O–H groups in total. The maximum atomic E-state index is 14.3. The monoisotopic (exact) mass is 603 g/mol. The Morgan fingerprint density at radius 3 is 2.10 bits per heavy atom. The Balaban J connectivity index is 1.80. The van der Waals surface area contributed by atoms with Gasteiger partial charge in [0.05, 0.1) is 15.6 Å². The van der Waals surface area contributed by atoms with E-state index in [1.54, 1.807) is 36.4 Å². The summed E-state index contributed by atoms with van der Waals surface area (Å²) in [5.41, 5.74) is 3.75. The predicted molar refractivity (Wildman–Crippen MR) is 167 cm³/mol. The quantitative estimate of drug-likeness (QED) is 0.244. The number of para-hydroxylation sites is 1. The third kappa shape index (κ3) is 7.38. The van der Waals surface area contributed by atoms with Crippen LogP contribution in [-0.4, -0.2) is 44.8 Å². The zero-order valence-corrected chi connectivity index (χ0v) is 25.4. The van der Waals surface area contributed by atoms with Gasteiger partial charge in [-0.3, -0.25) is 13.9 Å². The molecule has 7 nitrogen and oxygen atoms in total. The van der Waals surface area contributed by atoms with Crippen LogP contribution in [-0.2, 0) is 32.6 Å². The Morgan fingerprint density at radius 1 is 0.810 bits per heavy atom. The standard InChI is InChI=1S/C33H34ClN3O4S/c1-24-16-18-28(19-17-24)42(40,41)37(30-15-8-7-14-29(30)34)23-32(38)36(22-27-13-9-10-25(2)20-27)31(33(39)35-3)21-26-11-5-4-6-12-26/h4-20,31H,21-23H2,1-3H3,(H,35,39)/t31-/m0/s1. The summed E-state index contributed by atoms with van der Waals surface area (Å²) in [7, 11) is -2.69. The number of likely N-dealkylation sites (N-methyl/N-ethyl adjacent to an activating group) is 1. The number of aryl methyl sites for hydroxylation is 2. The second-order valence-corrected chi connectivity index (χ2v) is 12.4. The van der Waals surface area contributed by atoms with Crippen molar-refractivity contribution in [3.63, 3.8) is 0 Å². The van der Waals surface area contributed by atoms with Crippen molar-refractivity contribution < 1.29 is 18.0 Å². The number of hydrogen-bond donors (Lipinski definition) is 1. The predicted octanol–water partition coefficient (Wildman–Crippen LogP) is 5.54. The van der Waals surface area contributed by atoms with Crippen molar-refractivity contribution in [1.29, 1.82) is 0 Å². The number of hydrogen-bond acceptors (Lipinski definition) is 4. The minimum atomic E-state index is -4.21. The van der Waals surface area contributed by atoms with Gasteiger partial charge in [-0.25, -0.2) is 8.42 Å². The fourth-order valence-corrected chi connectivity index (χ4v) is 6.45. The number of anilines is 1. The zero-order chi connectivity index (χ0) is 30.3. The van der Waals surface area contributed by atoms with Crippen LogP contribution >= 0.6 is 11.6 Å². The van der Waals surface area contributed by atoms with E-state index >= 15 is 0 Å². The Labute approximate surface area is 252 Å². The number of sulfonamides is 1. The Morgan fingerprint density at radius 2 is 1.45 bits per heavy atom. The molecule has 0 saturated carbocycles. The summed E-state index contributed by atoms with van der Waals surface area (Å²) in [6.45, 7) is 3.35. The first kappa shape index (κ1) is 30.8.